The van der Waals surface area contributed by atoms with Crippen LogP contribution in [0.1, 0.15) is 46.0 Å². The van der Waals surface area contributed by atoms with Crippen molar-refractivity contribution in [1.29, 1.82) is 0 Å². The van der Waals surface area contributed by atoms with Crippen LogP contribution in [0.25, 0.3) is 0 Å². The lowest BCUT2D eigenvalue weighted by Gasteiger charge is -2.59. The average Bonchev–Trinajstić information content (AvgIpc) is 2.80. The number of aliphatic hydroxyl groups is 2. The standard InChI is InChI=1S/C20H26O4S/c1-18-7-5-12(21)9-11(18)3-4-13-14-6-8-20(24,17(23)25)19(14,2)10-15(22)16(13)18/h5,7,9,13-16,22,24H,3-4,6,8,10H2,1-2H3,(H,23,25)/t13?,14?,15-,16?,18?,19?,20-/m0/s1. The van der Waals surface area contributed by atoms with Crippen molar-refractivity contribution in [3.8, 4) is 0 Å². The van der Waals surface area contributed by atoms with Crippen LogP contribution in [0.4, 0.5) is 0 Å². The van der Waals surface area contributed by atoms with Crippen molar-refractivity contribution < 1.29 is 19.8 Å². The maximum atomic E-state index is 12.1. The second-order valence-corrected chi connectivity index (χ2v) is 9.32. The molecule has 0 amide bonds. The predicted octanol–water partition coefficient (Wildman–Crippen LogP) is 2.45. The van der Waals surface area contributed by atoms with E-state index in [9.17, 15) is 19.8 Å². The Labute approximate surface area is 153 Å². The smallest absolute Gasteiger partial charge is 0.218 e. The fourth-order valence-electron chi connectivity index (χ4n) is 6.68. The van der Waals surface area contributed by atoms with E-state index >= 15 is 0 Å². The van der Waals surface area contributed by atoms with Gasteiger partial charge in [0.25, 0.3) is 0 Å². The number of hydrogen-bond donors (Lipinski definition) is 3. The third-order valence-corrected chi connectivity index (χ3v) is 8.37. The number of aliphatic hydroxyl groups excluding tert-OH is 1. The minimum Gasteiger partial charge on any atom is -0.393 e. The molecule has 4 rings (SSSR count). The summed E-state index contributed by atoms with van der Waals surface area (Å²) in [4.78, 5) is 23.9. The molecule has 0 spiro atoms. The zero-order valence-electron chi connectivity index (χ0n) is 14.7. The fourth-order valence-corrected chi connectivity index (χ4v) is 7.05. The first-order chi connectivity index (χ1) is 11.6. The van der Waals surface area contributed by atoms with Crippen LogP contribution in [0.2, 0.25) is 0 Å². The molecule has 0 aromatic heterocycles. The van der Waals surface area contributed by atoms with Gasteiger partial charge in [0, 0.05) is 16.7 Å². The maximum absolute atomic E-state index is 12.1. The lowest BCUT2D eigenvalue weighted by atomic mass is 9.46. The Morgan fingerprint density at radius 1 is 1.32 bits per heavy atom. The highest BCUT2D eigenvalue weighted by atomic mass is 32.1. The predicted molar refractivity (Wildman–Crippen MR) is 96.9 cm³/mol. The van der Waals surface area contributed by atoms with Gasteiger partial charge in [-0.1, -0.05) is 25.5 Å². The molecule has 3 fully saturated rings. The summed E-state index contributed by atoms with van der Waals surface area (Å²) in [6, 6.07) is 0. The van der Waals surface area contributed by atoms with Gasteiger partial charge < -0.3 is 10.2 Å². The van der Waals surface area contributed by atoms with Gasteiger partial charge in [0.2, 0.25) is 5.12 Å². The monoisotopic (exact) mass is 362 g/mol. The quantitative estimate of drug-likeness (QED) is 0.627. The summed E-state index contributed by atoms with van der Waals surface area (Å²) in [6.07, 6.45) is 8.03. The van der Waals surface area contributed by atoms with Crippen LogP contribution >= 0.6 is 12.6 Å². The number of ketones is 1. The number of rotatable bonds is 1. The topological polar surface area (TPSA) is 74.6 Å². The highest BCUT2D eigenvalue weighted by Crippen LogP contribution is 2.67. The fraction of sp³-hybridized carbons (Fsp3) is 0.700. The second kappa shape index (κ2) is 5.30. The zero-order chi connectivity index (χ0) is 18.2. The van der Waals surface area contributed by atoms with E-state index in [2.05, 4.69) is 19.6 Å². The largest absolute Gasteiger partial charge is 0.393 e. The molecule has 0 aromatic rings. The van der Waals surface area contributed by atoms with Gasteiger partial charge in [0.05, 0.1) is 6.10 Å². The molecule has 0 heterocycles. The molecule has 3 saturated carbocycles. The maximum Gasteiger partial charge on any atom is 0.218 e. The first-order valence-electron chi connectivity index (χ1n) is 9.21. The van der Waals surface area contributed by atoms with Gasteiger partial charge in [-0.05, 0) is 56.1 Å². The van der Waals surface area contributed by atoms with Crippen LogP contribution in [0.5, 0.6) is 0 Å². The molecular weight excluding hydrogens is 336 g/mol. The van der Waals surface area contributed by atoms with Crippen LogP contribution in [0.15, 0.2) is 23.8 Å². The summed E-state index contributed by atoms with van der Waals surface area (Å²) < 4.78 is 0. The Morgan fingerprint density at radius 3 is 2.72 bits per heavy atom. The highest BCUT2D eigenvalue weighted by Gasteiger charge is 2.67. The average molecular weight is 362 g/mol. The summed E-state index contributed by atoms with van der Waals surface area (Å²) in [6.45, 7) is 4.07. The second-order valence-electron chi connectivity index (χ2n) is 8.92. The number of fused-ring (bicyclic) bond motifs is 5. The van der Waals surface area contributed by atoms with E-state index in [0.717, 1.165) is 24.8 Å². The molecular formula is C20H26O4S. The van der Waals surface area contributed by atoms with E-state index in [1.165, 1.54) is 0 Å². The first kappa shape index (κ1) is 17.5. The third-order valence-electron chi connectivity index (χ3n) is 8.00. The summed E-state index contributed by atoms with van der Waals surface area (Å²) in [7, 11) is 0. The molecule has 4 aliphatic rings. The molecule has 0 saturated heterocycles. The molecule has 7 atom stereocenters. The number of hydrogen-bond acceptors (Lipinski definition) is 4. The van der Waals surface area contributed by atoms with Crippen molar-refractivity contribution in [2.24, 2.45) is 28.6 Å². The number of carbonyl (C=O) groups is 2. The van der Waals surface area contributed by atoms with Crippen LogP contribution in [0.3, 0.4) is 0 Å². The lowest BCUT2D eigenvalue weighted by molar-refractivity contribution is -0.169. The van der Waals surface area contributed by atoms with E-state index in [1.807, 2.05) is 13.0 Å². The SMILES string of the molecule is CC12C=CC(=O)C=C1CCC1C2[C@@H](O)CC2(C)C1CC[C@]2(O)C(=O)S. The van der Waals surface area contributed by atoms with E-state index < -0.39 is 22.2 Å². The molecule has 25 heavy (non-hydrogen) atoms. The van der Waals surface area contributed by atoms with Gasteiger partial charge in [-0.15, -0.1) is 12.6 Å². The lowest BCUT2D eigenvalue weighted by Crippen LogP contribution is -2.60. The number of thiol groups is 1. The molecule has 0 aromatic carbocycles. The van der Waals surface area contributed by atoms with Gasteiger partial charge in [-0.3, -0.25) is 9.59 Å². The van der Waals surface area contributed by atoms with E-state index in [4.69, 9.17) is 0 Å². The summed E-state index contributed by atoms with van der Waals surface area (Å²) >= 11 is 3.97. The van der Waals surface area contributed by atoms with Crippen LogP contribution < -0.4 is 0 Å². The summed E-state index contributed by atoms with van der Waals surface area (Å²) in [5.41, 5.74) is -1.30. The molecule has 4 aliphatic carbocycles. The van der Waals surface area contributed by atoms with Gasteiger partial charge in [-0.2, -0.15) is 0 Å². The summed E-state index contributed by atoms with van der Waals surface area (Å²) in [5, 5.41) is 21.7. The number of allylic oxidation sites excluding steroid dienone is 4. The Hall–Kier alpha value is -0.910. The molecule has 0 aliphatic heterocycles. The molecule has 4 nitrogen and oxygen atoms in total. The van der Waals surface area contributed by atoms with Crippen molar-refractivity contribution in [3.63, 3.8) is 0 Å². The van der Waals surface area contributed by atoms with Crippen molar-refractivity contribution >= 4 is 23.5 Å². The van der Waals surface area contributed by atoms with Crippen molar-refractivity contribution in [1.82, 2.24) is 0 Å². The Morgan fingerprint density at radius 2 is 2.04 bits per heavy atom. The molecule has 5 unspecified atom stereocenters. The summed E-state index contributed by atoms with van der Waals surface area (Å²) in [5.74, 6) is 0.464. The Balaban J connectivity index is 1.76. The van der Waals surface area contributed by atoms with Crippen LogP contribution in [-0.2, 0) is 9.59 Å². The molecule has 0 bridgehead atoms. The van der Waals surface area contributed by atoms with Gasteiger partial charge >= 0.3 is 0 Å². The zero-order valence-corrected chi connectivity index (χ0v) is 15.6. The van der Waals surface area contributed by atoms with Crippen molar-refractivity contribution in [2.75, 3.05) is 0 Å². The van der Waals surface area contributed by atoms with Gasteiger partial charge in [0.1, 0.15) is 5.60 Å². The van der Waals surface area contributed by atoms with E-state index in [1.54, 1.807) is 12.2 Å². The first-order valence-corrected chi connectivity index (χ1v) is 9.66. The Kier molecular flexibility index (Phi) is 3.71. The van der Waals surface area contributed by atoms with Gasteiger partial charge in [0.15, 0.2) is 5.78 Å². The minimum atomic E-state index is -1.46. The molecule has 2 N–H and O–H groups in total. The molecule has 136 valence electrons. The van der Waals surface area contributed by atoms with E-state index in [0.29, 0.717) is 12.8 Å². The Bertz CT molecular complexity index is 712. The number of carbonyl (C=O) groups excluding carboxylic acids is 2. The highest BCUT2D eigenvalue weighted by molar-refractivity contribution is 7.96. The van der Waals surface area contributed by atoms with Crippen molar-refractivity contribution in [3.05, 3.63) is 23.8 Å². The third kappa shape index (κ3) is 2.09. The van der Waals surface area contributed by atoms with E-state index in [-0.39, 0.29) is 29.0 Å². The normalized spacial score (nSPS) is 51.4. The van der Waals surface area contributed by atoms with Crippen molar-refractivity contribution in [2.45, 2.75) is 57.7 Å². The van der Waals surface area contributed by atoms with Gasteiger partial charge in [-0.25, -0.2) is 0 Å². The molecule has 0 radical (unpaired) electrons. The van der Waals surface area contributed by atoms with Crippen LogP contribution in [-0.4, -0.2) is 32.8 Å². The van der Waals surface area contributed by atoms with Crippen LogP contribution in [0, 0.1) is 28.6 Å². The molecule has 5 heteroatoms. The minimum absolute atomic E-state index is 0.0206.